The van der Waals surface area contributed by atoms with Crippen LogP contribution in [0.1, 0.15) is 5.69 Å². The second-order valence-electron chi connectivity index (χ2n) is 3.85. The number of nitrogens with zero attached hydrogens (tertiary/aromatic N) is 2. The summed E-state index contributed by atoms with van der Waals surface area (Å²) in [7, 11) is 0. The number of nitrogens with one attached hydrogen (secondary N) is 1. The molecule has 0 spiro atoms. The van der Waals surface area contributed by atoms with Crippen molar-refractivity contribution in [1.29, 1.82) is 0 Å². The van der Waals surface area contributed by atoms with Crippen LogP contribution in [0, 0.1) is 0 Å². The number of hydrogen-bond acceptors (Lipinski definition) is 3. The fraction of sp³-hybridized carbons (Fsp3) is 0.154. The average Bonchev–Trinajstić information content (AvgIpc) is 2.95. The van der Waals surface area contributed by atoms with Crippen LogP contribution in [0.4, 0.5) is 5.69 Å². The van der Waals surface area contributed by atoms with E-state index in [9.17, 15) is 0 Å². The van der Waals surface area contributed by atoms with E-state index >= 15 is 0 Å². The van der Waals surface area contributed by atoms with Crippen LogP contribution in [-0.2, 0) is 6.42 Å². The lowest BCUT2D eigenvalue weighted by molar-refractivity contribution is 0.942. The highest BCUT2D eigenvalue weighted by Gasteiger charge is 2.02. The van der Waals surface area contributed by atoms with E-state index in [1.165, 1.54) is 11.4 Å². The van der Waals surface area contributed by atoms with Crippen LogP contribution in [-0.4, -0.2) is 15.9 Å². The van der Waals surface area contributed by atoms with Gasteiger partial charge in [0.05, 0.1) is 0 Å². The number of para-hydroxylation sites is 1. The molecule has 0 aliphatic carbocycles. The lowest BCUT2D eigenvalue weighted by Gasteiger charge is -2.05. The minimum Gasteiger partial charge on any atom is -0.385 e. The molecule has 1 N–H and O–H groups in total. The van der Waals surface area contributed by atoms with Crippen molar-refractivity contribution in [3.63, 3.8) is 0 Å². The molecular formula is C13H13N3S. The molecular weight excluding hydrogens is 230 g/mol. The predicted octanol–water partition coefficient (Wildman–Crippen LogP) is 3.05. The molecule has 0 unspecified atom stereocenters. The Balaban J connectivity index is 1.64. The van der Waals surface area contributed by atoms with Crippen LogP contribution in [0.15, 0.2) is 48.1 Å². The number of fused-ring (bicyclic) bond motifs is 1. The molecule has 0 aliphatic heterocycles. The fourth-order valence-corrected chi connectivity index (χ4v) is 2.73. The molecule has 17 heavy (non-hydrogen) atoms. The zero-order chi connectivity index (χ0) is 11.5. The summed E-state index contributed by atoms with van der Waals surface area (Å²) in [6.45, 7) is 0.939. The van der Waals surface area contributed by atoms with Gasteiger partial charge in [-0.2, -0.15) is 0 Å². The van der Waals surface area contributed by atoms with Crippen molar-refractivity contribution in [3.05, 3.63) is 53.8 Å². The number of rotatable bonds is 4. The quantitative estimate of drug-likeness (QED) is 0.763. The molecule has 1 aromatic carbocycles. The van der Waals surface area contributed by atoms with E-state index in [1.54, 1.807) is 11.3 Å². The Hall–Kier alpha value is -1.81. The molecule has 0 fully saturated rings. The summed E-state index contributed by atoms with van der Waals surface area (Å²) in [5.41, 5.74) is 2.48. The molecule has 0 bridgehead atoms. The zero-order valence-corrected chi connectivity index (χ0v) is 10.2. The molecule has 4 heteroatoms. The van der Waals surface area contributed by atoms with E-state index in [0.29, 0.717) is 0 Å². The first-order valence-corrected chi connectivity index (χ1v) is 6.50. The first-order valence-electron chi connectivity index (χ1n) is 5.62. The van der Waals surface area contributed by atoms with Crippen molar-refractivity contribution in [2.24, 2.45) is 0 Å². The highest BCUT2D eigenvalue weighted by atomic mass is 32.1. The molecule has 0 radical (unpaired) electrons. The van der Waals surface area contributed by atoms with E-state index in [-0.39, 0.29) is 0 Å². The van der Waals surface area contributed by atoms with Crippen molar-refractivity contribution in [2.45, 2.75) is 6.42 Å². The maximum Gasteiger partial charge on any atom is 0.193 e. The monoisotopic (exact) mass is 243 g/mol. The van der Waals surface area contributed by atoms with Gasteiger partial charge in [0.15, 0.2) is 4.96 Å². The third kappa shape index (κ3) is 2.17. The van der Waals surface area contributed by atoms with Crippen molar-refractivity contribution in [3.8, 4) is 0 Å². The maximum absolute atomic E-state index is 4.27. The highest BCUT2D eigenvalue weighted by Crippen LogP contribution is 2.15. The van der Waals surface area contributed by atoms with Gasteiger partial charge in [-0.05, 0) is 12.1 Å². The summed E-state index contributed by atoms with van der Waals surface area (Å²) in [6.07, 6.45) is 4.87. The molecule has 3 aromatic rings. The highest BCUT2D eigenvalue weighted by molar-refractivity contribution is 7.15. The molecule has 3 nitrogen and oxygen atoms in total. The fourth-order valence-electron chi connectivity index (χ4n) is 1.84. The van der Waals surface area contributed by atoms with E-state index in [0.717, 1.165) is 17.9 Å². The number of anilines is 1. The van der Waals surface area contributed by atoms with Gasteiger partial charge in [-0.3, -0.25) is 4.40 Å². The summed E-state index contributed by atoms with van der Waals surface area (Å²) in [4.78, 5) is 5.34. The van der Waals surface area contributed by atoms with Gasteiger partial charge >= 0.3 is 0 Å². The van der Waals surface area contributed by atoms with Crippen LogP contribution >= 0.6 is 11.3 Å². The van der Waals surface area contributed by atoms with Crippen LogP contribution in [0.25, 0.3) is 4.96 Å². The summed E-state index contributed by atoms with van der Waals surface area (Å²) < 4.78 is 2.15. The van der Waals surface area contributed by atoms with Crippen molar-refractivity contribution >= 4 is 22.0 Å². The minimum absolute atomic E-state index is 0.939. The van der Waals surface area contributed by atoms with Crippen LogP contribution in [0.2, 0.25) is 0 Å². The number of hydrogen-bond donors (Lipinski definition) is 1. The van der Waals surface area contributed by atoms with Gasteiger partial charge in [0, 0.05) is 42.1 Å². The van der Waals surface area contributed by atoms with Gasteiger partial charge in [-0.15, -0.1) is 11.3 Å². The van der Waals surface area contributed by atoms with Crippen molar-refractivity contribution in [1.82, 2.24) is 9.38 Å². The van der Waals surface area contributed by atoms with Crippen LogP contribution < -0.4 is 5.32 Å². The maximum atomic E-state index is 4.27. The van der Waals surface area contributed by atoms with E-state index in [1.807, 2.05) is 30.6 Å². The van der Waals surface area contributed by atoms with Gasteiger partial charge in [0.1, 0.15) is 0 Å². The molecule has 3 rings (SSSR count). The normalized spacial score (nSPS) is 10.8. The van der Waals surface area contributed by atoms with Gasteiger partial charge in [-0.25, -0.2) is 4.98 Å². The Labute approximate surface area is 104 Å². The molecule has 0 saturated heterocycles. The Kier molecular flexibility index (Phi) is 2.80. The van der Waals surface area contributed by atoms with Crippen LogP contribution in [0.5, 0.6) is 0 Å². The summed E-state index contributed by atoms with van der Waals surface area (Å²) in [5, 5.41) is 5.59. The van der Waals surface area contributed by atoms with Crippen molar-refractivity contribution in [2.75, 3.05) is 11.9 Å². The third-order valence-electron chi connectivity index (χ3n) is 2.70. The topological polar surface area (TPSA) is 29.3 Å². The summed E-state index contributed by atoms with van der Waals surface area (Å²) in [5.74, 6) is 0. The van der Waals surface area contributed by atoms with Gasteiger partial charge in [0.25, 0.3) is 0 Å². The second-order valence-corrected chi connectivity index (χ2v) is 4.69. The standard InChI is InChI=1S/C13H13N3S/c1-2-4-11(5-3-1)14-7-6-12-10-17-13-15-8-9-16(12)13/h1-5,8-10,14H,6-7H2. The molecule has 0 amide bonds. The molecule has 0 aliphatic rings. The zero-order valence-electron chi connectivity index (χ0n) is 9.34. The molecule has 2 heterocycles. The summed E-state index contributed by atoms with van der Waals surface area (Å²) in [6, 6.07) is 10.3. The van der Waals surface area contributed by atoms with E-state index in [2.05, 4.69) is 32.2 Å². The average molecular weight is 243 g/mol. The largest absolute Gasteiger partial charge is 0.385 e. The lowest BCUT2D eigenvalue weighted by Crippen LogP contribution is -2.05. The predicted molar refractivity (Wildman–Crippen MR) is 71.7 cm³/mol. The number of benzene rings is 1. The molecule has 2 aromatic heterocycles. The number of aromatic nitrogens is 2. The van der Waals surface area contributed by atoms with Gasteiger partial charge in [-0.1, -0.05) is 18.2 Å². The third-order valence-corrected chi connectivity index (χ3v) is 3.60. The van der Waals surface area contributed by atoms with Crippen LogP contribution in [0.3, 0.4) is 0 Å². The summed E-state index contributed by atoms with van der Waals surface area (Å²) >= 11 is 1.69. The lowest BCUT2D eigenvalue weighted by atomic mass is 10.3. The molecule has 86 valence electrons. The van der Waals surface area contributed by atoms with E-state index in [4.69, 9.17) is 0 Å². The molecule has 0 saturated carbocycles. The van der Waals surface area contributed by atoms with Crippen molar-refractivity contribution < 1.29 is 0 Å². The Morgan fingerprint density at radius 2 is 2.12 bits per heavy atom. The molecule has 0 atom stereocenters. The SMILES string of the molecule is c1ccc(NCCc2csc3nccn23)cc1. The first kappa shape index (κ1) is 10.4. The number of imidazole rings is 1. The Morgan fingerprint density at radius 1 is 1.24 bits per heavy atom. The minimum atomic E-state index is 0.939. The smallest absolute Gasteiger partial charge is 0.193 e. The van der Waals surface area contributed by atoms with Gasteiger partial charge in [0.2, 0.25) is 0 Å². The second kappa shape index (κ2) is 4.59. The number of thiazole rings is 1. The Bertz CT molecular complexity index is 597. The first-order chi connectivity index (χ1) is 8.43. The van der Waals surface area contributed by atoms with E-state index < -0.39 is 0 Å². The van der Waals surface area contributed by atoms with Gasteiger partial charge < -0.3 is 5.32 Å². The Morgan fingerprint density at radius 3 is 3.00 bits per heavy atom.